The van der Waals surface area contributed by atoms with Crippen LogP contribution in [0.2, 0.25) is 0 Å². The summed E-state index contributed by atoms with van der Waals surface area (Å²) in [6, 6.07) is 8.99. The van der Waals surface area contributed by atoms with Crippen LogP contribution in [-0.4, -0.2) is 22.4 Å². The Kier molecular flexibility index (Phi) is 8.50. The number of thioether (sulfide) groups is 2. The molecule has 1 heterocycles. The largest absolute Gasteiger partial charge is 0.416 e. The SMILES string of the molecule is O=C(CC1CCCCC1)Nc1cccnc1SCCSc1cccc(C(F)(F)F)c1. The monoisotopic (exact) mass is 454 g/mol. The number of nitrogens with one attached hydrogen (secondary N) is 1. The second kappa shape index (κ2) is 11.1. The van der Waals surface area contributed by atoms with E-state index in [0.29, 0.717) is 34.4 Å². The van der Waals surface area contributed by atoms with E-state index < -0.39 is 11.7 Å². The molecule has 3 nitrogen and oxygen atoms in total. The van der Waals surface area contributed by atoms with Crippen molar-refractivity contribution in [1.29, 1.82) is 0 Å². The van der Waals surface area contributed by atoms with Crippen molar-refractivity contribution in [3.05, 3.63) is 48.2 Å². The van der Waals surface area contributed by atoms with Crippen molar-refractivity contribution < 1.29 is 18.0 Å². The van der Waals surface area contributed by atoms with Gasteiger partial charge in [0.15, 0.2) is 0 Å². The fourth-order valence-electron chi connectivity index (χ4n) is 3.52. The van der Waals surface area contributed by atoms with E-state index in [-0.39, 0.29) is 5.91 Å². The van der Waals surface area contributed by atoms with Gasteiger partial charge in [0.2, 0.25) is 5.91 Å². The van der Waals surface area contributed by atoms with Gasteiger partial charge in [-0.05, 0) is 49.1 Å². The van der Waals surface area contributed by atoms with Gasteiger partial charge in [0.1, 0.15) is 5.03 Å². The Morgan fingerprint density at radius 1 is 1.07 bits per heavy atom. The Morgan fingerprint density at radius 2 is 1.83 bits per heavy atom. The van der Waals surface area contributed by atoms with Crippen LogP contribution >= 0.6 is 23.5 Å². The van der Waals surface area contributed by atoms with Gasteiger partial charge >= 0.3 is 6.18 Å². The zero-order chi connectivity index (χ0) is 21.4. The third-order valence-electron chi connectivity index (χ3n) is 5.00. The molecule has 1 aromatic carbocycles. The van der Waals surface area contributed by atoms with Gasteiger partial charge in [-0.25, -0.2) is 4.98 Å². The summed E-state index contributed by atoms with van der Waals surface area (Å²) in [5.41, 5.74) is 0.0696. The first-order valence-corrected chi connectivity index (χ1v) is 12.1. The van der Waals surface area contributed by atoms with Crippen LogP contribution in [0.5, 0.6) is 0 Å². The minimum atomic E-state index is -4.33. The Morgan fingerprint density at radius 3 is 2.60 bits per heavy atom. The van der Waals surface area contributed by atoms with E-state index in [1.807, 2.05) is 6.07 Å². The van der Waals surface area contributed by atoms with E-state index in [1.165, 1.54) is 54.9 Å². The third kappa shape index (κ3) is 7.23. The molecular weight excluding hydrogens is 429 g/mol. The van der Waals surface area contributed by atoms with Gasteiger partial charge < -0.3 is 5.32 Å². The van der Waals surface area contributed by atoms with Crippen LogP contribution in [0.3, 0.4) is 0 Å². The lowest BCUT2D eigenvalue weighted by molar-refractivity contribution is -0.137. The van der Waals surface area contributed by atoms with Crippen LogP contribution in [0.4, 0.5) is 18.9 Å². The van der Waals surface area contributed by atoms with Gasteiger partial charge in [0, 0.05) is 29.0 Å². The van der Waals surface area contributed by atoms with Crippen molar-refractivity contribution in [1.82, 2.24) is 4.98 Å². The number of hydrogen-bond donors (Lipinski definition) is 1. The molecule has 0 aliphatic heterocycles. The number of anilines is 1. The summed E-state index contributed by atoms with van der Waals surface area (Å²) in [5, 5.41) is 3.72. The van der Waals surface area contributed by atoms with Crippen molar-refractivity contribution in [3.63, 3.8) is 0 Å². The molecule has 8 heteroatoms. The summed E-state index contributed by atoms with van der Waals surface area (Å²) in [6.45, 7) is 0. The summed E-state index contributed by atoms with van der Waals surface area (Å²) in [5.74, 6) is 1.80. The number of alkyl halides is 3. The highest BCUT2D eigenvalue weighted by atomic mass is 32.2. The predicted octanol–water partition coefficient (Wildman–Crippen LogP) is 6.89. The molecule has 0 bridgehead atoms. The number of amides is 1. The number of rotatable bonds is 8. The fraction of sp³-hybridized carbons (Fsp3) is 0.455. The first-order valence-electron chi connectivity index (χ1n) is 10.1. The molecular formula is C22H25F3N2OS2. The van der Waals surface area contributed by atoms with E-state index in [4.69, 9.17) is 0 Å². The highest BCUT2D eigenvalue weighted by Crippen LogP contribution is 2.33. The molecule has 1 aliphatic carbocycles. The number of benzene rings is 1. The molecule has 0 spiro atoms. The Balaban J connectivity index is 1.48. The van der Waals surface area contributed by atoms with Crippen molar-refractivity contribution in [2.75, 3.05) is 16.8 Å². The number of pyridine rings is 1. The van der Waals surface area contributed by atoms with Crippen LogP contribution in [0, 0.1) is 5.92 Å². The van der Waals surface area contributed by atoms with E-state index in [9.17, 15) is 18.0 Å². The average Bonchev–Trinajstić information content (AvgIpc) is 2.72. The quantitative estimate of drug-likeness (QED) is 0.348. The number of hydrogen-bond acceptors (Lipinski definition) is 4. The van der Waals surface area contributed by atoms with Crippen molar-refractivity contribution in [2.45, 2.75) is 54.6 Å². The maximum atomic E-state index is 12.8. The number of carbonyl (C=O) groups excluding carboxylic acids is 1. The van der Waals surface area contributed by atoms with E-state index in [1.54, 1.807) is 18.3 Å². The molecule has 2 aromatic rings. The number of halogens is 3. The number of aromatic nitrogens is 1. The van der Waals surface area contributed by atoms with Crippen molar-refractivity contribution in [2.24, 2.45) is 5.92 Å². The second-order valence-corrected chi connectivity index (χ2v) is 9.59. The predicted molar refractivity (Wildman–Crippen MR) is 117 cm³/mol. The topological polar surface area (TPSA) is 42.0 Å². The summed E-state index contributed by atoms with van der Waals surface area (Å²) in [6.07, 6.45) is 3.81. The maximum absolute atomic E-state index is 12.8. The molecule has 3 rings (SSSR count). The second-order valence-electron chi connectivity index (χ2n) is 7.33. The first kappa shape index (κ1) is 23.0. The number of nitrogens with zero attached hydrogens (tertiary/aromatic N) is 1. The van der Waals surface area contributed by atoms with Crippen LogP contribution in [0.25, 0.3) is 0 Å². The van der Waals surface area contributed by atoms with E-state index in [2.05, 4.69) is 10.3 Å². The van der Waals surface area contributed by atoms with Gasteiger partial charge in [-0.1, -0.05) is 25.3 Å². The van der Waals surface area contributed by atoms with Gasteiger partial charge in [-0.15, -0.1) is 23.5 Å². The summed E-state index contributed by atoms with van der Waals surface area (Å²) >= 11 is 2.87. The molecule has 1 N–H and O–H groups in total. The lowest BCUT2D eigenvalue weighted by Crippen LogP contribution is -2.18. The summed E-state index contributed by atoms with van der Waals surface area (Å²) < 4.78 is 38.5. The first-order chi connectivity index (χ1) is 14.4. The Bertz CT molecular complexity index is 839. The zero-order valence-electron chi connectivity index (χ0n) is 16.6. The highest BCUT2D eigenvalue weighted by molar-refractivity contribution is 8.03. The molecule has 1 saturated carbocycles. The normalized spacial score (nSPS) is 15.2. The minimum absolute atomic E-state index is 0.0232. The highest BCUT2D eigenvalue weighted by Gasteiger charge is 2.30. The minimum Gasteiger partial charge on any atom is -0.324 e. The van der Waals surface area contributed by atoms with Crippen LogP contribution in [-0.2, 0) is 11.0 Å². The van der Waals surface area contributed by atoms with Crippen LogP contribution < -0.4 is 5.32 Å². The molecule has 0 unspecified atom stereocenters. The van der Waals surface area contributed by atoms with E-state index in [0.717, 1.165) is 23.9 Å². The molecule has 30 heavy (non-hydrogen) atoms. The molecule has 0 saturated heterocycles. The Hall–Kier alpha value is -1.67. The molecule has 1 fully saturated rings. The fourth-order valence-corrected chi connectivity index (χ4v) is 5.41. The smallest absolute Gasteiger partial charge is 0.324 e. The van der Waals surface area contributed by atoms with Gasteiger partial charge in [0.25, 0.3) is 0 Å². The summed E-state index contributed by atoms with van der Waals surface area (Å²) in [4.78, 5) is 17.4. The molecule has 1 aliphatic rings. The van der Waals surface area contributed by atoms with Crippen LogP contribution in [0.15, 0.2) is 52.5 Å². The zero-order valence-corrected chi connectivity index (χ0v) is 18.2. The molecule has 0 radical (unpaired) electrons. The number of carbonyl (C=O) groups is 1. The molecule has 0 atom stereocenters. The Labute approximate surface area is 183 Å². The standard InChI is InChI=1S/C22H25F3N2OS2/c23-22(24,25)17-8-4-9-18(15-17)29-12-13-30-21-19(10-5-11-26-21)27-20(28)14-16-6-2-1-3-7-16/h4-5,8-11,15-16H,1-3,6-7,12-14H2,(H,27,28). The van der Waals surface area contributed by atoms with Gasteiger partial charge in [-0.2, -0.15) is 13.2 Å². The van der Waals surface area contributed by atoms with Gasteiger partial charge in [-0.3, -0.25) is 4.79 Å². The average molecular weight is 455 g/mol. The lowest BCUT2D eigenvalue weighted by atomic mass is 9.87. The third-order valence-corrected chi connectivity index (χ3v) is 7.26. The van der Waals surface area contributed by atoms with Gasteiger partial charge in [0.05, 0.1) is 11.3 Å². The maximum Gasteiger partial charge on any atom is 0.416 e. The van der Waals surface area contributed by atoms with Crippen LogP contribution in [0.1, 0.15) is 44.1 Å². The molecule has 1 aromatic heterocycles. The van der Waals surface area contributed by atoms with E-state index >= 15 is 0 Å². The van der Waals surface area contributed by atoms with Crippen molar-refractivity contribution in [3.8, 4) is 0 Å². The summed E-state index contributed by atoms with van der Waals surface area (Å²) in [7, 11) is 0. The molecule has 162 valence electrons. The lowest BCUT2D eigenvalue weighted by Gasteiger charge is -2.21. The van der Waals surface area contributed by atoms with Crippen molar-refractivity contribution >= 4 is 35.1 Å². The molecule has 1 amide bonds.